The smallest absolute Gasteiger partial charge is 0.271 e. The van der Waals surface area contributed by atoms with E-state index in [1.807, 2.05) is 25.1 Å². The summed E-state index contributed by atoms with van der Waals surface area (Å²) >= 11 is 0. The average molecular weight is 416 g/mol. The lowest BCUT2D eigenvalue weighted by Crippen LogP contribution is -2.07. The van der Waals surface area contributed by atoms with Gasteiger partial charge in [0.2, 0.25) is 5.78 Å². The zero-order valence-electron chi connectivity index (χ0n) is 16.4. The van der Waals surface area contributed by atoms with Gasteiger partial charge < -0.3 is 4.40 Å². The van der Waals surface area contributed by atoms with Crippen LogP contribution in [0, 0.1) is 22.9 Å². The molecule has 7 nitrogen and oxygen atoms in total. The number of nitrogens with zero attached hydrogens (tertiary/aromatic N) is 3. The Bertz CT molecular complexity index is 1330. The topological polar surface area (TPSA) is 89.0 Å². The third-order valence-corrected chi connectivity index (χ3v) is 4.90. The number of aromatic nitrogens is 1. The van der Waals surface area contributed by atoms with Crippen molar-refractivity contribution >= 4 is 28.9 Å². The molecule has 0 saturated carbocycles. The van der Waals surface area contributed by atoms with Crippen LogP contribution in [-0.2, 0) is 0 Å². The molecule has 0 aliphatic rings. The van der Waals surface area contributed by atoms with Crippen LogP contribution in [-0.4, -0.2) is 21.3 Å². The Morgan fingerprint density at radius 3 is 2.65 bits per heavy atom. The van der Waals surface area contributed by atoms with Gasteiger partial charge in [0, 0.05) is 29.5 Å². The number of non-ortho nitro benzene ring substituents is 1. The van der Waals surface area contributed by atoms with Crippen molar-refractivity contribution in [1.29, 1.82) is 0 Å². The first-order chi connectivity index (χ1) is 15.0. The molecule has 2 heterocycles. The zero-order valence-corrected chi connectivity index (χ0v) is 16.4. The van der Waals surface area contributed by atoms with E-state index in [-0.39, 0.29) is 11.5 Å². The van der Waals surface area contributed by atoms with Crippen molar-refractivity contribution in [2.45, 2.75) is 6.92 Å². The molecule has 4 rings (SSSR count). The number of pyridine rings is 1. The molecule has 0 fully saturated rings. The molecular formula is C23H17FN4O3. The molecule has 154 valence electrons. The predicted molar refractivity (Wildman–Crippen MR) is 116 cm³/mol. The standard InChI is InChI=1S/C23H17FN4O3/c1-15-20(14-25-26-18-5-4-6-19(13-18)28(30)31)21-7-2-3-12-27(21)22(15)23(29)16-8-10-17(24)11-9-16/h2-14,26H,1H3. The van der Waals surface area contributed by atoms with E-state index in [0.717, 1.165) is 11.1 Å². The molecular weight excluding hydrogens is 399 g/mol. The lowest BCUT2D eigenvalue weighted by Gasteiger charge is -2.04. The molecule has 0 amide bonds. The largest absolute Gasteiger partial charge is 0.313 e. The minimum absolute atomic E-state index is 0.0436. The highest BCUT2D eigenvalue weighted by Gasteiger charge is 2.20. The summed E-state index contributed by atoms with van der Waals surface area (Å²) in [7, 11) is 0. The number of benzene rings is 2. The third-order valence-electron chi connectivity index (χ3n) is 4.90. The van der Waals surface area contributed by atoms with Crippen LogP contribution in [0.4, 0.5) is 15.8 Å². The van der Waals surface area contributed by atoms with Crippen molar-refractivity contribution in [3.8, 4) is 0 Å². The number of fused-ring (bicyclic) bond motifs is 1. The molecule has 8 heteroatoms. The van der Waals surface area contributed by atoms with E-state index in [4.69, 9.17) is 0 Å². The van der Waals surface area contributed by atoms with Gasteiger partial charge in [-0.15, -0.1) is 0 Å². The summed E-state index contributed by atoms with van der Waals surface area (Å²) in [6, 6.07) is 17.0. The van der Waals surface area contributed by atoms with Gasteiger partial charge in [-0.05, 0) is 55.0 Å². The number of hydrazone groups is 1. The molecule has 1 N–H and O–H groups in total. The number of anilines is 1. The molecule has 0 atom stereocenters. The number of nitro benzene ring substituents is 1. The van der Waals surface area contributed by atoms with Gasteiger partial charge in [-0.2, -0.15) is 5.10 Å². The van der Waals surface area contributed by atoms with Crippen molar-refractivity contribution in [2.75, 3.05) is 5.43 Å². The van der Waals surface area contributed by atoms with Crippen molar-refractivity contribution < 1.29 is 14.1 Å². The van der Waals surface area contributed by atoms with Crippen LogP contribution >= 0.6 is 0 Å². The Kier molecular flexibility index (Phi) is 5.28. The van der Waals surface area contributed by atoms with Crippen molar-refractivity contribution in [1.82, 2.24) is 4.40 Å². The Morgan fingerprint density at radius 2 is 1.90 bits per heavy atom. The highest BCUT2D eigenvalue weighted by molar-refractivity contribution is 6.11. The second-order valence-corrected chi connectivity index (χ2v) is 6.86. The molecule has 2 aromatic carbocycles. The minimum Gasteiger partial charge on any atom is -0.313 e. The molecule has 0 aliphatic carbocycles. The summed E-state index contributed by atoms with van der Waals surface area (Å²) in [6.07, 6.45) is 3.36. The number of nitrogens with one attached hydrogen (secondary N) is 1. The fourth-order valence-electron chi connectivity index (χ4n) is 3.40. The van der Waals surface area contributed by atoms with E-state index in [1.54, 1.807) is 28.9 Å². The van der Waals surface area contributed by atoms with E-state index in [9.17, 15) is 19.3 Å². The lowest BCUT2D eigenvalue weighted by atomic mass is 10.0. The van der Waals surface area contributed by atoms with Crippen LogP contribution in [0.25, 0.3) is 5.52 Å². The molecule has 4 aromatic rings. The van der Waals surface area contributed by atoms with Gasteiger partial charge >= 0.3 is 0 Å². The normalized spacial score (nSPS) is 11.2. The Labute approximate surface area is 176 Å². The van der Waals surface area contributed by atoms with Crippen LogP contribution < -0.4 is 5.43 Å². The lowest BCUT2D eigenvalue weighted by molar-refractivity contribution is -0.384. The van der Waals surface area contributed by atoms with Crippen LogP contribution in [0.15, 0.2) is 78.0 Å². The summed E-state index contributed by atoms with van der Waals surface area (Å²) in [5.74, 6) is -0.640. The molecule has 2 aromatic heterocycles. The van der Waals surface area contributed by atoms with Crippen molar-refractivity contribution in [3.63, 3.8) is 0 Å². The second kappa shape index (κ2) is 8.19. The molecule has 0 aliphatic heterocycles. The van der Waals surface area contributed by atoms with E-state index >= 15 is 0 Å². The highest BCUT2D eigenvalue weighted by atomic mass is 19.1. The first-order valence-corrected chi connectivity index (χ1v) is 9.39. The maximum Gasteiger partial charge on any atom is 0.271 e. The van der Waals surface area contributed by atoms with E-state index in [1.165, 1.54) is 36.4 Å². The van der Waals surface area contributed by atoms with Crippen LogP contribution in [0.5, 0.6) is 0 Å². The molecule has 0 radical (unpaired) electrons. The fourth-order valence-corrected chi connectivity index (χ4v) is 3.40. The maximum atomic E-state index is 13.3. The zero-order chi connectivity index (χ0) is 22.0. The van der Waals surface area contributed by atoms with Gasteiger partial charge in [0.1, 0.15) is 5.82 Å². The monoisotopic (exact) mass is 416 g/mol. The molecule has 0 spiro atoms. The number of rotatable bonds is 6. The first-order valence-electron chi connectivity index (χ1n) is 9.39. The molecule has 31 heavy (non-hydrogen) atoms. The summed E-state index contributed by atoms with van der Waals surface area (Å²) in [6.45, 7) is 1.82. The predicted octanol–water partition coefficient (Wildman–Crippen LogP) is 4.97. The summed E-state index contributed by atoms with van der Waals surface area (Å²) in [5, 5.41) is 15.1. The number of ketones is 1. The van der Waals surface area contributed by atoms with Gasteiger partial charge in [-0.1, -0.05) is 12.1 Å². The van der Waals surface area contributed by atoms with Gasteiger partial charge in [0.25, 0.3) is 5.69 Å². The number of hydrogen-bond donors (Lipinski definition) is 1. The Hall–Kier alpha value is -4.33. The summed E-state index contributed by atoms with van der Waals surface area (Å²) in [4.78, 5) is 23.6. The van der Waals surface area contributed by atoms with Crippen molar-refractivity contribution in [3.05, 3.63) is 111 Å². The Balaban J connectivity index is 1.70. The molecule has 0 unspecified atom stereocenters. The van der Waals surface area contributed by atoms with Gasteiger partial charge in [0.05, 0.1) is 28.0 Å². The number of carbonyl (C=O) groups excluding carboxylic acids is 1. The minimum atomic E-state index is -0.478. The number of halogens is 1. The molecule has 0 bridgehead atoms. The quantitative estimate of drug-likeness (QED) is 0.208. The van der Waals surface area contributed by atoms with E-state index < -0.39 is 10.7 Å². The highest BCUT2D eigenvalue weighted by Crippen LogP contribution is 2.25. The van der Waals surface area contributed by atoms with Crippen LogP contribution in [0.3, 0.4) is 0 Å². The average Bonchev–Trinajstić information content (AvgIpc) is 3.05. The van der Waals surface area contributed by atoms with Gasteiger partial charge in [-0.3, -0.25) is 20.3 Å². The second-order valence-electron chi connectivity index (χ2n) is 6.86. The number of carbonyl (C=O) groups is 1. The van der Waals surface area contributed by atoms with Gasteiger partial charge in [-0.25, -0.2) is 4.39 Å². The summed E-state index contributed by atoms with van der Waals surface area (Å²) in [5.41, 5.74) is 6.26. The van der Waals surface area contributed by atoms with E-state index in [2.05, 4.69) is 10.5 Å². The maximum absolute atomic E-state index is 13.3. The third kappa shape index (κ3) is 3.91. The SMILES string of the molecule is Cc1c(C=NNc2cccc([N+](=O)[O-])c2)c2ccccn2c1C(=O)c1ccc(F)cc1. The summed E-state index contributed by atoms with van der Waals surface area (Å²) < 4.78 is 15.0. The fraction of sp³-hybridized carbons (Fsp3) is 0.0435. The first kappa shape index (κ1) is 20.0. The molecule has 0 saturated heterocycles. The Morgan fingerprint density at radius 1 is 1.13 bits per heavy atom. The number of nitro groups is 1. The van der Waals surface area contributed by atoms with Crippen LogP contribution in [0.1, 0.15) is 27.2 Å². The van der Waals surface area contributed by atoms with E-state index in [0.29, 0.717) is 22.5 Å². The number of hydrogen-bond acceptors (Lipinski definition) is 5. The van der Waals surface area contributed by atoms with Crippen LogP contribution in [0.2, 0.25) is 0 Å². The van der Waals surface area contributed by atoms with Gasteiger partial charge in [0.15, 0.2) is 0 Å². The van der Waals surface area contributed by atoms with Crippen molar-refractivity contribution in [2.24, 2.45) is 5.10 Å².